The lowest BCUT2D eigenvalue weighted by atomic mass is 10.3. The predicted octanol–water partition coefficient (Wildman–Crippen LogP) is 0.488. The first-order valence-electron chi connectivity index (χ1n) is 5.80. The molecule has 0 radical (unpaired) electrons. The highest BCUT2D eigenvalue weighted by atomic mass is 16.5. The Bertz CT molecular complexity index is 346. The molecule has 0 aromatic carbocycles. The number of carbonyl (C=O) groups is 1. The van der Waals surface area contributed by atoms with Gasteiger partial charge >= 0.3 is 5.97 Å². The van der Waals surface area contributed by atoms with Crippen LogP contribution in [0, 0.1) is 0 Å². The molecule has 0 aliphatic carbocycles. The lowest BCUT2D eigenvalue weighted by Crippen LogP contribution is -2.30. The molecule has 1 heterocycles. The topological polar surface area (TPSA) is 64.5 Å². The minimum Gasteiger partial charge on any atom is -0.469 e. The lowest BCUT2D eigenvalue weighted by Gasteiger charge is -2.20. The molecule has 0 saturated heterocycles. The first kappa shape index (κ1) is 14.5. The number of hydrogen-bond donors (Lipinski definition) is 0. The number of rotatable bonds is 8. The number of aromatic nitrogens is 2. The molecule has 18 heavy (non-hydrogen) atoms. The molecule has 6 nitrogen and oxygen atoms in total. The summed E-state index contributed by atoms with van der Waals surface area (Å²) in [5.41, 5.74) is 0. The fourth-order valence-electron chi connectivity index (χ4n) is 1.45. The molecule has 0 aliphatic heterocycles. The number of carbonyl (C=O) groups excluding carboxylic acids is 1. The maximum atomic E-state index is 11.1. The second-order valence-corrected chi connectivity index (χ2v) is 3.76. The van der Waals surface area contributed by atoms with Gasteiger partial charge in [0.1, 0.15) is 5.82 Å². The molecule has 0 saturated carbocycles. The van der Waals surface area contributed by atoms with Crippen LogP contribution in [-0.2, 0) is 20.8 Å². The zero-order chi connectivity index (χ0) is 13.2. The van der Waals surface area contributed by atoms with Gasteiger partial charge in [-0.3, -0.25) is 9.69 Å². The van der Waals surface area contributed by atoms with E-state index in [1.54, 1.807) is 25.6 Å². The Balaban J connectivity index is 2.47. The van der Waals surface area contributed by atoms with Crippen LogP contribution in [-0.4, -0.2) is 54.8 Å². The van der Waals surface area contributed by atoms with Gasteiger partial charge in [0.05, 0.1) is 26.7 Å². The first-order chi connectivity index (χ1) is 8.76. The highest BCUT2D eigenvalue weighted by Crippen LogP contribution is 2.00. The van der Waals surface area contributed by atoms with Gasteiger partial charge in [-0.05, 0) is 6.07 Å². The summed E-state index contributed by atoms with van der Waals surface area (Å²) in [5.74, 6) is 0.518. The molecule has 1 aromatic heterocycles. The summed E-state index contributed by atoms with van der Waals surface area (Å²) in [5, 5.41) is 0. The summed E-state index contributed by atoms with van der Waals surface area (Å²) in [6.07, 6.45) is 3.77. The number of methoxy groups -OCH3 is 2. The summed E-state index contributed by atoms with van der Waals surface area (Å²) in [6.45, 7) is 2.54. The Morgan fingerprint density at radius 1 is 1.28 bits per heavy atom. The zero-order valence-electron chi connectivity index (χ0n) is 10.8. The van der Waals surface area contributed by atoms with Gasteiger partial charge in [-0.2, -0.15) is 0 Å². The number of hydrogen-bond acceptors (Lipinski definition) is 6. The summed E-state index contributed by atoms with van der Waals surface area (Å²) in [7, 11) is 3.04. The highest BCUT2D eigenvalue weighted by Gasteiger charge is 2.10. The molecule has 6 heteroatoms. The molecule has 0 N–H and O–H groups in total. The molecule has 100 valence electrons. The van der Waals surface area contributed by atoms with E-state index in [9.17, 15) is 4.79 Å². The minimum atomic E-state index is -0.216. The van der Waals surface area contributed by atoms with E-state index in [-0.39, 0.29) is 5.97 Å². The van der Waals surface area contributed by atoms with Crippen molar-refractivity contribution in [1.82, 2.24) is 14.9 Å². The Hall–Kier alpha value is -1.53. The van der Waals surface area contributed by atoms with Gasteiger partial charge in [-0.15, -0.1) is 0 Å². The van der Waals surface area contributed by atoms with E-state index in [1.807, 2.05) is 0 Å². The van der Waals surface area contributed by atoms with E-state index < -0.39 is 0 Å². The third-order valence-electron chi connectivity index (χ3n) is 2.46. The van der Waals surface area contributed by atoms with Crippen molar-refractivity contribution in [1.29, 1.82) is 0 Å². The third-order valence-corrected chi connectivity index (χ3v) is 2.46. The van der Waals surface area contributed by atoms with E-state index in [4.69, 9.17) is 4.74 Å². The summed E-state index contributed by atoms with van der Waals surface area (Å²) in [6, 6.07) is 1.78. The maximum Gasteiger partial charge on any atom is 0.306 e. The van der Waals surface area contributed by atoms with Crippen LogP contribution >= 0.6 is 0 Å². The van der Waals surface area contributed by atoms with Gasteiger partial charge in [0, 0.05) is 32.6 Å². The van der Waals surface area contributed by atoms with Gasteiger partial charge in [0.2, 0.25) is 0 Å². The van der Waals surface area contributed by atoms with Crippen molar-refractivity contribution in [2.24, 2.45) is 0 Å². The molecule has 0 bridgehead atoms. The number of nitrogens with zero attached hydrogens (tertiary/aromatic N) is 3. The SMILES string of the molecule is COCCN(CCC(=O)OC)Cc1ncccn1. The lowest BCUT2D eigenvalue weighted by molar-refractivity contribution is -0.141. The molecule has 0 spiro atoms. The van der Waals surface area contributed by atoms with Gasteiger partial charge in [-0.1, -0.05) is 0 Å². The second kappa shape index (κ2) is 8.54. The molecular formula is C12H19N3O3. The van der Waals surface area contributed by atoms with Gasteiger partial charge < -0.3 is 9.47 Å². The summed E-state index contributed by atoms with van der Waals surface area (Å²) in [4.78, 5) is 21.5. The van der Waals surface area contributed by atoms with E-state index in [2.05, 4.69) is 19.6 Å². The highest BCUT2D eigenvalue weighted by molar-refractivity contribution is 5.69. The van der Waals surface area contributed by atoms with Crippen LogP contribution < -0.4 is 0 Å². The van der Waals surface area contributed by atoms with Crippen LogP contribution in [0.25, 0.3) is 0 Å². The molecule has 0 amide bonds. The van der Waals surface area contributed by atoms with Crippen molar-refractivity contribution in [3.8, 4) is 0 Å². The van der Waals surface area contributed by atoms with Crippen molar-refractivity contribution in [2.75, 3.05) is 33.9 Å². The smallest absolute Gasteiger partial charge is 0.306 e. The fraction of sp³-hybridized carbons (Fsp3) is 0.583. The molecule has 0 aliphatic rings. The van der Waals surface area contributed by atoms with Gasteiger partial charge in [0.25, 0.3) is 0 Å². The molecular weight excluding hydrogens is 234 g/mol. The molecule has 1 aromatic rings. The number of ether oxygens (including phenoxy) is 2. The quantitative estimate of drug-likeness (QED) is 0.628. The van der Waals surface area contributed by atoms with Crippen LogP contribution in [0.3, 0.4) is 0 Å². The van der Waals surface area contributed by atoms with E-state index in [0.29, 0.717) is 26.1 Å². The number of esters is 1. The van der Waals surface area contributed by atoms with Crippen LogP contribution in [0.5, 0.6) is 0 Å². The average Bonchev–Trinajstić information content (AvgIpc) is 2.42. The van der Waals surface area contributed by atoms with Gasteiger partial charge in [0.15, 0.2) is 0 Å². The molecule has 0 fully saturated rings. The second-order valence-electron chi connectivity index (χ2n) is 3.76. The van der Waals surface area contributed by atoms with Crippen LogP contribution in [0.2, 0.25) is 0 Å². The Morgan fingerprint density at radius 3 is 2.61 bits per heavy atom. The van der Waals surface area contributed by atoms with Crippen molar-refractivity contribution >= 4 is 5.97 Å². The van der Waals surface area contributed by atoms with E-state index >= 15 is 0 Å². The normalized spacial score (nSPS) is 10.6. The third kappa shape index (κ3) is 5.70. The van der Waals surface area contributed by atoms with Crippen molar-refractivity contribution in [3.05, 3.63) is 24.3 Å². The largest absolute Gasteiger partial charge is 0.469 e. The molecule has 1 rings (SSSR count). The van der Waals surface area contributed by atoms with E-state index in [0.717, 1.165) is 12.4 Å². The van der Waals surface area contributed by atoms with E-state index in [1.165, 1.54) is 7.11 Å². The molecule has 0 unspecified atom stereocenters. The monoisotopic (exact) mass is 253 g/mol. The summed E-state index contributed by atoms with van der Waals surface area (Å²) >= 11 is 0. The zero-order valence-corrected chi connectivity index (χ0v) is 10.8. The van der Waals surface area contributed by atoms with Crippen LogP contribution in [0.1, 0.15) is 12.2 Å². The first-order valence-corrected chi connectivity index (χ1v) is 5.80. The van der Waals surface area contributed by atoms with Crippen LogP contribution in [0.4, 0.5) is 0 Å². The standard InChI is InChI=1S/C12H19N3O3/c1-17-9-8-15(7-4-12(16)18-2)10-11-13-5-3-6-14-11/h3,5-6H,4,7-10H2,1-2H3. The van der Waals surface area contributed by atoms with Gasteiger partial charge in [-0.25, -0.2) is 9.97 Å². The fourth-order valence-corrected chi connectivity index (χ4v) is 1.45. The predicted molar refractivity (Wildman–Crippen MR) is 65.8 cm³/mol. The molecule has 0 atom stereocenters. The van der Waals surface area contributed by atoms with Crippen molar-refractivity contribution in [3.63, 3.8) is 0 Å². The Morgan fingerprint density at radius 2 is 2.00 bits per heavy atom. The maximum absolute atomic E-state index is 11.1. The van der Waals surface area contributed by atoms with Crippen molar-refractivity contribution in [2.45, 2.75) is 13.0 Å². The Kier molecular flexibility index (Phi) is 6.90. The summed E-state index contributed by atoms with van der Waals surface area (Å²) < 4.78 is 9.67. The minimum absolute atomic E-state index is 0.216. The Labute approximate surface area is 107 Å². The van der Waals surface area contributed by atoms with Crippen LogP contribution in [0.15, 0.2) is 18.5 Å². The average molecular weight is 253 g/mol. The van der Waals surface area contributed by atoms with Crippen molar-refractivity contribution < 1.29 is 14.3 Å².